The lowest BCUT2D eigenvalue weighted by atomic mass is 10.1. The molecule has 0 saturated carbocycles. The maximum absolute atomic E-state index is 12.3. The summed E-state index contributed by atoms with van der Waals surface area (Å²) < 4.78 is 0. The molecule has 7 nitrogen and oxygen atoms in total. The minimum atomic E-state index is -0.338. The zero-order valence-corrected chi connectivity index (χ0v) is 15.7. The summed E-state index contributed by atoms with van der Waals surface area (Å²) in [6, 6.07) is 20.3. The van der Waals surface area contributed by atoms with Gasteiger partial charge in [-0.25, -0.2) is 9.78 Å². The van der Waals surface area contributed by atoms with Gasteiger partial charge in [-0.2, -0.15) is 10.4 Å². The average molecular weight is 382 g/mol. The standard InChI is InChI=1S/C22H18N6O/c1-14(16-7-3-2-4-8-16)25-22(29)26-20-11-19-18(13-24-20)21(28-27-19)17-9-5-6-15(10-17)12-23/h2-11,13-14H,1H3,(H,27,28)(H2,24,25,26,29)/t14-/m1/s1. The molecule has 2 aromatic carbocycles. The number of aromatic amines is 1. The first-order chi connectivity index (χ1) is 14.1. The minimum absolute atomic E-state index is 0.133. The molecule has 7 heteroatoms. The number of hydrogen-bond acceptors (Lipinski definition) is 4. The lowest BCUT2D eigenvalue weighted by Gasteiger charge is -2.14. The van der Waals surface area contributed by atoms with Gasteiger partial charge in [-0.1, -0.05) is 42.5 Å². The molecule has 0 aliphatic rings. The van der Waals surface area contributed by atoms with E-state index >= 15 is 0 Å². The van der Waals surface area contributed by atoms with E-state index < -0.39 is 0 Å². The molecule has 0 unspecified atom stereocenters. The average Bonchev–Trinajstić information content (AvgIpc) is 3.17. The van der Waals surface area contributed by atoms with Crippen molar-refractivity contribution in [3.63, 3.8) is 0 Å². The largest absolute Gasteiger partial charge is 0.331 e. The van der Waals surface area contributed by atoms with Gasteiger partial charge in [0.2, 0.25) is 0 Å². The fraction of sp³-hybridized carbons (Fsp3) is 0.0909. The van der Waals surface area contributed by atoms with Crippen molar-refractivity contribution >= 4 is 22.8 Å². The van der Waals surface area contributed by atoms with Gasteiger partial charge in [-0.05, 0) is 24.6 Å². The van der Waals surface area contributed by atoms with Crippen LogP contribution in [0.1, 0.15) is 24.1 Å². The fourth-order valence-electron chi connectivity index (χ4n) is 3.11. The Hall–Kier alpha value is -4.18. The predicted octanol–water partition coefficient (Wildman–Crippen LogP) is 4.38. The van der Waals surface area contributed by atoms with Crippen LogP contribution in [0.3, 0.4) is 0 Å². The summed E-state index contributed by atoms with van der Waals surface area (Å²) in [6.07, 6.45) is 1.66. The molecule has 4 aromatic rings. The van der Waals surface area contributed by atoms with Gasteiger partial charge >= 0.3 is 6.03 Å². The molecule has 142 valence electrons. The van der Waals surface area contributed by atoms with E-state index in [2.05, 4.69) is 31.9 Å². The Morgan fingerprint density at radius 3 is 2.76 bits per heavy atom. The van der Waals surface area contributed by atoms with Crippen LogP contribution in [0.15, 0.2) is 66.9 Å². The molecule has 3 N–H and O–H groups in total. The molecule has 0 saturated heterocycles. The number of pyridine rings is 1. The van der Waals surface area contributed by atoms with Crippen LogP contribution in [-0.4, -0.2) is 21.2 Å². The molecule has 2 aromatic heterocycles. The van der Waals surface area contributed by atoms with Crippen LogP contribution in [0.5, 0.6) is 0 Å². The maximum atomic E-state index is 12.3. The van der Waals surface area contributed by atoms with Gasteiger partial charge in [0.05, 0.1) is 23.2 Å². The second kappa shape index (κ2) is 7.82. The van der Waals surface area contributed by atoms with Gasteiger partial charge in [-0.3, -0.25) is 10.4 Å². The Morgan fingerprint density at radius 1 is 1.14 bits per heavy atom. The topological polar surface area (TPSA) is 106 Å². The highest BCUT2D eigenvalue weighted by Crippen LogP contribution is 2.27. The third-order valence-corrected chi connectivity index (χ3v) is 4.60. The molecule has 0 aliphatic carbocycles. The number of anilines is 1. The number of nitrogens with one attached hydrogen (secondary N) is 3. The Kier molecular flexibility index (Phi) is 4.91. The van der Waals surface area contributed by atoms with Gasteiger partial charge < -0.3 is 5.32 Å². The number of H-pyrrole nitrogens is 1. The van der Waals surface area contributed by atoms with Crippen LogP contribution in [0, 0.1) is 11.3 Å². The summed E-state index contributed by atoms with van der Waals surface area (Å²) in [5.41, 5.74) is 3.85. The number of carbonyl (C=O) groups excluding carboxylic acids is 1. The lowest BCUT2D eigenvalue weighted by molar-refractivity contribution is 0.249. The van der Waals surface area contributed by atoms with Gasteiger partial charge in [0.15, 0.2) is 0 Å². The molecular weight excluding hydrogens is 364 g/mol. The van der Waals surface area contributed by atoms with E-state index in [1.165, 1.54) is 0 Å². The van der Waals surface area contributed by atoms with Crippen molar-refractivity contribution in [2.75, 3.05) is 5.32 Å². The number of nitriles is 1. The first kappa shape index (κ1) is 18.2. The van der Waals surface area contributed by atoms with Crippen molar-refractivity contribution in [1.29, 1.82) is 5.26 Å². The van der Waals surface area contributed by atoms with E-state index in [0.717, 1.165) is 22.0 Å². The van der Waals surface area contributed by atoms with Crippen molar-refractivity contribution in [2.45, 2.75) is 13.0 Å². The number of urea groups is 1. The molecule has 0 radical (unpaired) electrons. The van der Waals surface area contributed by atoms with Crippen LogP contribution in [0.4, 0.5) is 10.6 Å². The summed E-state index contributed by atoms with van der Waals surface area (Å²) in [4.78, 5) is 16.6. The first-order valence-corrected chi connectivity index (χ1v) is 9.11. The summed E-state index contributed by atoms with van der Waals surface area (Å²) in [6.45, 7) is 1.92. The van der Waals surface area contributed by atoms with E-state index in [4.69, 9.17) is 5.26 Å². The zero-order chi connectivity index (χ0) is 20.2. The van der Waals surface area contributed by atoms with Gasteiger partial charge in [-0.15, -0.1) is 0 Å². The molecule has 1 atom stereocenters. The van der Waals surface area contributed by atoms with Crippen LogP contribution >= 0.6 is 0 Å². The van der Waals surface area contributed by atoms with E-state index in [9.17, 15) is 4.79 Å². The Morgan fingerprint density at radius 2 is 1.97 bits per heavy atom. The number of rotatable bonds is 4. The number of benzene rings is 2. The smallest absolute Gasteiger partial charge is 0.320 e. The molecule has 0 bridgehead atoms. The highest BCUT2D eigenvalue weighted by atomic mass is 16.2. The summed E-state index contributed by atoms with van der Waals surface area (Å²) in [5, 5.41) is 22.8. The van der Waals surface area contributed by atoms with Crippen molar-refractivity contribution < 1.29 is 4.79 Å². The molecule has 0 aliphatic heterocycles. The Balaban J connectivity index is 1.51. The highest BCUT2D eigenvalue weighted by molar-refractivity contribution is 5.95. The van der Waals surface area contributed by atoms with Gasteiger partial charge in [0.25, 0.3) is 0 Å². The SMILES string of the molecule is C[C@@H](NC(=O)Nc1cc2[nH]nc(-c3cccc(C#N)c3)c2cn1)c1ccccc1. The van der Waals surface area contributed by atoms with E-state index in [-0.39, 0.29) is 12.1 Å². The number of nitrogens with zero attached hydrogens (tertiary/aromatic N) is 3. The number of fused-ring (bicyclic) bond motifs is 1. The van der Waals surface area contributed by atoms with E-state index in [1.54, 1.807) is 24.4 Å². The molecule has 4 rings (SSSR count). The summed E-state index contributed by atoms with van der Waals surface area (Å²) in [7, 11) is 0. The molecule has 29 heavy (non-hydrogen) atoms. The van der Waals surface area contributed by atoms with E-state index in [1.807, 2.05) is 49.4 Å². The van der Waals surface area contributed by atoms with Gasteiger partial charge in [0.1, 0.15) is 11.5 Å². The predicted molar refractivity (Wildman–Crippen MR) is 111 cm³/mol. The Labute approximate surface area is 167 Å². The quantitative estimate of drug-likeness (QED) is 0.487. The third kappa shape index (κ3) is 3.92. The molecule has 2 amide bonds. The van der Waals surface area contributed by atoms with Crippen LogP contribution in [0.2, 0.25) is 0 Å². The summed E-state index contributed by atoms with van der Waals surface area (Å²) in [5.74, 6) is 0.413. The Bertz CT molecular complexity index is 1210. The van der Waals surface area contributed by atoms with Crippen molar-refractivity contribution in [3.05, 3.63) is 78.0 Å². The van der Waals surface area contributed by atoms with Gasteiger partial charge in [0, 0.05) is 23.2 Å². The molecule has 2 heterocycles. The normalized spacial score (nSPS) is 11.6. The van der Waals surface area contributed by atoms with Crippen LogP contribution in [0.25, 0.3) is 22.2 Å². The van der Waals surface area contributed by atoms with E-state index in [0.29, 0.717) is 17.1 Å². The molecule has 0 fully saturated rings. The summed E-state index contributed by atoms with van der Waals surface area (Å²) >= 11 is 0. The zero-order valence-electron chi connectivity index (χ0n) is 15.7. The second-order valence-electron chi connectivity index (χ2n) is 6.61. The number of amides is 2. The van der Waals surface area contributed by atoms with Crippen LogP contribution < -0.4 is 10.6 Å². The van der Waals surface area contributed by atoms with Crippen molar-refractivity contribution in [2.24, 2.45) is 0 Å². The fourth-order valence-corrected chi connectivity index (χ4v) is 3.11. The third-order valence-electron chi connectivity index (χ3n) is 4.60. The number of carbonyl (C=O) groups is 1. The van der Waals surface area contributed by atoms with Crippen LogP contribution in [-0.2, 0) is 0 Å². The molecule has 0 spiro atoms. The monoisotopic (exact) mass is 382 g/mol. The minimum Gasteiger partial charge on any atom is -0.331 e. The first-order valence-electron chi connectivity index (χ1n) is 9.11. The number of hydrogen-bond donors (Lipinski definition) is 3. The second-order valence-corrected chi connectivity index (χ2v) is 6.61. The highest BCUT2D eigenvalue weighted by Gasteiger charge is 2.13. The lowest BCUT2D eigenvalue weighted by Crippen LogP contribution is -2.31. The maximum Gasteiger partial charge on any atom is 0.320 e. The molecular formula is C22H18N6O. The van der Waals surface area contributed by atoms with Crippen molar-refractivity contribution in [1.82, 2.24) is 20.5 Å². The van der Waals surface area contributed by atoms with Crippen molar-refractivity contribution in [3.8, 4) is 17.3 Å². The number of aromatic nitrogens is 3.